The fraction of sp³-hybridized carbons (Fsp3) is 0.174. The number of hydrogen-bond acceptors (Lipinski definition) is 2. The Labute approximate surface area is 154 Å². The van der Waals surface area contributed by atoms with E-state index in [2.05, 4.69) is 31.3 Å². The van der Waals surface area contributed by atoms with Gasteiger partial charge < -0.3 is 9.73 Å². The van der Waals surface area contributed by atoms with Crippen LogP contribution in [-0.4, -0.2) is 5.91 Å². The first-order valence-electron chi connectivity index (χ1n) is 8.95. The zero-order valence-corrected chi connectivity index (χ0v) is 15.2. The summed E-state index contributed by atoms with van der Waals surface area (Å²) in [7, 11) is 0. The third-order valence-electron chi connectivity index (χ3n) is 4.40. The zero-order valence-electron chi connectivity index (χ0n) is 15.2. The number of carbonyl (C=O) groups is 1. The maximum atomic E-state index is 13.2. The van der Waals surface area contributed by atoms with Gasteiger partial charge in [0.25, 0.3) is 5.91 Å². The molecule has 1 aromatic heterocycles. The first-order chi connectivity index (χ1) is 12.7. The van der Waals surface area contributed by atoms with Crippen molar-refractivity contribution in [2.45, 2.75) is 26.7 Å². The van der Waals surface area contributed by atoms with E-state index >= 15 is 0 Å². The Morgan fingerprint density at radius 2 is 1.62 bits per heavy atom. The maximum absolute atomic E-state index is 13.2. The monoisotopic (exact) mass is 345 g/mol. The van der Waals surface area contributed by atoms with Crippen molar-refractivity contribution in [1.29, 1.82) is 0 Å². The molecule has 3 rings (SSSR count). The molecule has 3 aromatic rings. The quantitative estimate of drug-likeness (QED) is 0.592. The first kappa shape index (κ1) is 17.7. The number of hydrogen-bond donors (Lipinski definition) is 1. The van der Waals surface area contributed by atoms with E-state index in [1.54, 1.807) is 12.3 Å². The summed E-state index contributed by atoms with van der Waals surface area (Å²) in [6.45, 7) is 4.20. The summed E-state index contributed by atoms with van der Waals surface area (Å²) in [6, 6.07) is 19.5. The molecule has 2 aromatic carbocycles. The SMILES string of the molecule is CCc1cccc(CC)c1NC(=O)C(=Cc1ccco1)c1ccccc1. The molecule has 0 radical (unpaired) electrons. The lowest BCUT2D eigenvalue weighted by molar-refractivity contribution is -0.111. The molecule has 0 unspecified atom stereocenters. The molecule has 0 fully saturated rings. The normalized spacial score (nSPS) is 11.4. The molecule has 26 heavy (non-hydrogen) atoms. The van der Waals surface area contributed by atoms with Crippen LogP contribution in [0.3, 0.4) is 0 Å². The summed E-state index contributed by atoms with van der Waals surface area (Å²) in [4.78, 5) is 13.2. The molecule has 1 amide bonds. The molecule has 132 valence electrons. The van der Waals surface area contributed by atoms with E-state index in [4.69, 9.17) is 4.42 Å². The molecular weight excluding hydrogens is 322 g/mol. The Bertz CT molecular complexity index is 871. The highest BCUT2D eigenvalue weighted by molar-refractivity contribution is 6.29. The van der Waals surface area contributed by atoms with Crippen LogP contribution in [0, 0.1) is 0 Å². The number of benzene rings is 2. The van der Waals surface area contributed by atoms with Crippen LogP contribution in [0.2, 0.25) is 0 Å². The van der Waals surface area contributed by atoms with Crippen LogP contribution in [0.15, 0.2) is 71.3 Å². The minimum atomic E-state index is -0.136. The number of nitrogens with one attached hydrogen (secondary N) is 1. The fourth-order valence-electron chi connectivity index (χ4n) is 3.00. The van der Waals surface area contributed by atoms with Crippen molar-refractivity contribution in [3.63, 3.8) is 0 Å². The van der Waals surface area contributed by atoms with Crippen molar-refractivity contribution in [2.24, 2.45) is 0 Å². The van der Waals surface area contributed by atoms with E-state index in [1.807, 2.05) is 48.5 Å². The van der Waals surface area contributed by atoms with Gasteiger partial charge in [0.05, 0.1) is 11.8 Å². The predicted molar refractivity (Wildman–Crippen MR) is 107 cm³/mol. The fourth-order valence-corrected chi connectivity index (χ4v) is 3.00. The van der Waals surface area contributed by atoms with Crippen molar-refractivity contribution in [3.8, 4) is 0 Å². The molecule has 0 aliphatic carbocycles. The van der Waals surface area contributed by atoms with Crippen molar-refractivity contribution in [1.82, 2.24) is 0 Å². The molecule has 0 aliphatic rings. The van der Waals surface area contributed by atoms with Gasteiger partial charge in [0.1, 0.15) is 5.76 Å². The van der Waals surface area contributed by atoms with E-state index in [-0.39, 0.29) is 5.91 Å². The Kier molecular flexibility index (Phi) is 5.69. The van der Waals surface area contributed by atoms with Gasteiger partial charge in [-0.2, -0.15) is 0 Å². The van der Waals surface area contributed by atoms with Crippen LogP contribution in [0.4, 0.5) is 5.69 Å². The van der Waals surface area contributed by atoms with E-state index in [0.29, 0.717) is 11.3 Å². The Balaban J connectivity index is 2.00. The molecule has 0 spiro atoms. The molecule has 1 heterocycles. The average Bonchev–Trinajstić information content (AvgIpc) is 3.20. The molecule has 1 N–H and O–H groups in total. The van der Waals surface area contributed by atoms with E-state index in [9.17, 15) is 4.79 Å². The predicted octanol–water partition coefficient (Wildman–Crippen LogP) is 5.58. The Morgan fingerprint density at radius 3 is 2.19 bits per heavy atom. The largest absolute Gasteiger partial charge is 0.465 e. The molecule has 0 atom stereocenters. The van der Waals surface area contributed by atoms with Gasteiger partial charge in [-0.05, 0) is 47.7 Å². The van der Waals surface area contributed by atoms with Gasteiger partial charge in [0, 0.05) is 5.69 Å². The second-order valence-electron chi connectivity index (χ2n) is 6.05. The summed E-state index contributed by atoms with van der Waals surface area (Å²) >= 11 is 0. The van der Waals surface area contributed by atoms with Gasteiger partial charge in [0.15, 0.2) is 0 Å². The average molecular weight is 345 g/mol. The van der Waals surface area contributed by atoms with Gasteiger partial charge in [-0.3, -0.25) is 4.79 Å². The Hall–Kier alpha value is -3.07. The Morgan fingerprint density at radius 1 is 0.923 bits per heavy atom. The van der Waals surface area contributed by atoms with E-state index in [1.165, 1.54) is 0 Å². The van der Waals surface area contributed by atoms with E-state index in [0.717, 1.165) is 35.2 Å². The topological polar surface area (TPSA) is 42.2 Å². The molecule has 0 saturated carbocycles. The van der Waals surface area contributed by atoms with Gasteiger partial charge >= 0.3 is 0 Å². The second-order valence-corrected chi connectivity index (χ2v) is 6.05. The second kappa shape index (κ2) is 8.34. The molecule has 0 saturated heterocycles. The van der Waals surface area contributed by atoms with Crippen molar-refractivity contribution >= 4 is 23.2 Å². The van der Waals surface area contributed by atoms with Gasteiger partial charge in [-0.25, -0.2) is 0 Å². The zero-order chi connectivity index (χ0) is 18.4. The highest BCUT2D eigenvalue weighted by Crippen LogP contribution is 2.26. The third-order valence-corrected chi connectivity index (χ3v) is 4.40. The molecule has 3 nitrogen and oxygen atoms in total. The summed E-state index contributed by atoms with van der Waals surface area (Å²) in [6.07, 6.45) is 5.12. The van der Waals surface area contributed by atoms with Crippen LogP contribution in [0.25, 0.3) is 11.6 Å². The summed E-state index contributed by atoms with van der Waals surface area (Å²) in [5.74, 6) is 0.515. The lowest BCUT2D eigenvalue weighted by Gasteiger charge is -2.16. The number of rotatable bonds is 6. The van der Waals surface area contributed by atoms with E-state index < -0.39 is 0 Å². The molecular formula is C23H23NO2. The summed E-state index contributed by atoms with van der Waals surface area (Å²) in [5.41, 5.74) is 4.64. The van der Waals surface area contributed by atoms with Crippen molar-refractivity contribution in [2.75, 3.05) is 5.32 Å². The molecule has 0 aliphatic heterocycles. The number of amides is 1. The van der Waals surface area contributed by atoms with Crippen LogP contribution < -0.4 is 5.32 Å². The molecule has 3 heteroatoms. The minimum Gasteiger partial charge on any atom is -0.465 e. The number of furan rings is 1. The lowest BCUT2D eigenvalue weighted by Crippen LogP contribution is -2.16. The van der Waals surface area contributed by atoms with Crippen LogP contribution in [0.1, 0.15) is 36.3 Å². The minimum absolute atomic E-state index is 0.136. The number of aryl methyl sites for hydroxylation is 2. The molecule has 0 bridgehead atoms. The summed E-state index contributed by atoms with van der Waals surface area (Å²) in [5, 5.41) is 3.14. The number of para-hydroxylation sites is 1. The summed E-state index contributed by atoms with van der Waals surface area (Å²) < 4.78 is 5.42. The van der Waals surface area contributed by atoms with Crippen molar-refractivity contribution in [3.05, 3.63) is 89.4 Å². The van der Waals surface area contributed by atoms with Crippen LogP contribution in [0.5, 0.6) is 0 Å². The van der Waals surface area contributed by atoms with Crippen molar-refractivity contribution < 1.29 is 9.21 Å². The van der Waals surface area contributed by atoms with Gasteiger partial charge in [-0.1, -0.05) is 62.4 Å². The highest BCUT2D eigenvalue weighted by Gasteiger charge is 2.16. The van der Waals surface area contributed by atoms with Crippen LogP contribution >= 0.6 is 0 Å². The standard InChI is InChI=1S/C23H23NO2/c1-3-17-12-8-13-18(4-2)22(17)24-23(25)21(16-20-14-9-15-26-20)19-10-6-5-7-11-19/h5-16H,3-4H2,1-2H3,(H,24,25). The van der Waals surface area contributed by atoms with Gasteiger partial charge in [-0.15, -0.1) is 0 Å². The number of anilines is 1. The van der Waals surface area contributed by atoms with Gasteiger partial charge in [0.2, 0.25) is 0 Å². The van der Waals surface area contributed by atoms with Crippen LogP contribution in [-0.2, 0) is 17.6 Å². The smallest absolute Gasteiger partial charge is 0.256 e. The highest BCUT2D eigenvalue weighted by atomic mass is 16.3. The lowest BCUT2D eigenvalue weighted by atomic mass is 10.0. The first-order valence-corrected chi connectivity index (χ1v) is 8.95. The maximum Gasteiger partial charge on any atom is 0.256 e. The third kappa shape index (κ3) is 3.94. The number of carbonyl (C=O) groups excluding carboxylic acids is 1.